The first-order valence-electron chi connectivity index (χ1n) is 10.6. The number of nitrogens with one attached hydrogen (secondary N) is 1. The Labute approximate surface area is 169 Å². The summed E-state index contributed by atoms with van der Waals surface area (Å²) in [5.74, 6) is 1.46. The van der Waals surface area contributed by atoms with E-state index < -0.39 is 0 Å². The Morgan fingerprint density at radius 1 is 0.964 bits per heavy atom. The second kappa shape index (κ2) is 7.36. The number of amides is 1. The van der Waals surface area contributed by atoms with Crippen LogP contribution in [0.1, 0.15) is 44.4 Å². The average molecular weight is 377 g/mol. The molecule has 2 aromatic rings. The second-order valence-electron chi connectivity index (χ2n) is 9.53. The van der Waals surface area contributed by atoms with Gasteiger partial charge in [0.1, 0.15) is 0 Å². The summed E-state index contributed by atoms with van der Waals surface area (Å²) >= 11 is 0. The lowest BCUT2D eigenvalue weighted by Crippen LogP contribution is -2.27. The van der Waals surface area contributed by atoms with E-state index in [-0.39, 0.29) is 17.2 Å². The zero-order valence-corrected chi connectivity index (χ0v) is 17.5. The lowest BCUT2D eigenvalue weighted by Gasteiger charge is -2.20. The van der Waals surface area contributed by atoms with E-state index in [0.717, 1.165) is 31.7 Å². The molecule has 4 rings (SSSR count). The predicted octanol–water partition coefficient (Wildman–Crippen LogP) is 4.86. The maximum Gasteiger partial charge on any atom is 0.228 e. The Bertz CT molecular complexity index is 820. The minimum atomic E-state index is 0.135. The molecule has 0 radical (unpaired) electrons. The number of aryl methyl sites for hydroxylation is 1. The summed E-state index contributed by atoms with van der Waals surface area (Å²) < 4.78 is 0. The van der Waals surface area contributed by atoms with E-state index in [1.165, 1.54) is 16.7 Å². The van der Waals surface area contributed by atoms with Gasteiger partial charge < -0.3 is 5.32 Å². The van der Waals surface area contributed by atoms with Gasteiger partial charge in [0.25, 0.3) is 0 Å². The smallest absolute Gasteiger partial charge is 0.228 e. The van der Waals surface area contributed by atoms with Gasteiger partial charge >= 0.3 is 0 Å². The van der Waals surface area contributed by atoms with Crippen LogP contribution in [0.3, 0.4) is 0 Å². The van der Waals surface area contributed by atoms with E-state index in [2.05, 4.69) is 74.3 Å². The maximum atomic E-state index is 12.7. The number of fused-ring (bicyclic) bond motifs is 1. The largest absolute Gasteiger partial charge is 0.326 e. The normalized spacial score (nSPS) is 24.1. The quantitative estimate of drug-likeness (QED) is 0.808. The maximum absolute atomic E-state index is 12.7. The van der Waals surface area contributed by atoms with Gasteiger partial charge in [0, 0.05) is 31.2 Å². The van der Waals surface area contributed by atoms with Crippen molar-refractivity contribution < 1.29 is 4.79 Å². The van der Waals surface area contributed by atoms with Crippen LogP contribution in [0.4, 0.5) is 5.69 Å². The van der Waals surface area contributed by atoms with Gasteiger partial charge in [-0.3, -0.25) is 9.69 Å². The minimum absolute atomic E-state index is 0.135. The number of hydrogen-bond donors (Lipinski definition) is 1. The number of anilines is 1. The monoisotopic (exact) mass is 376 g/mol. The van der Waals surface area contributed by atoms with E-state index in [1.54, 1.807) is 0 Å². The molecule has 2 fully saturated rings. The van der Waals surface area contributed by atoms with Crippen LogP contribution in [-0.4, -0.2) is 23.9 Å². The van der Waals surface area contributed by atoms with E-state index in [0.29, 0.717) is 11.8 Å². The highest BCUT2D eigenvalue weighted by molar-refractivity contribution is 5.95. The molecule has 1 aliphatic heterocycles. The van der Waals surface area contributed by atoms with Crippen molar-refractivity contribution in [3.05, 3.63) is 65.2 Å². The number of piperidine rings is 1. The Balaban J connectivity index is 1.27. The highest BCUT2D eigenvalue weighted by atomic mass is 16.2. The highest BCUT2D eigenvalue weighted by Crippen LogP contribution is 2.52. The molecule has 0 spiro atoms. The molecular formula is C25H32N2O. The Morgan fingerprint density at radius 2 is 1.54 bits per heavy atom. The lowest BCUT2D eigenvalue weighted by atomic mass is 9.87. The predicted molar refractivity (Wildman–Crippen MR) is 115 cm³/mol. The van der Waals surface area contributed by atoms with E-state index in [9.17, 15) is 4.79 Å². The van der Waals surface area contributed by atoms with Crippen LogP contribution in [0, 0.1) is 17.8 Å². The fraction of sp³-hybridized carbons (Fsp3) is 0.480. The fourth-order valence-corrected chi connectivity index (χ4v) is 4.55. The molecule has 2 unspecified atom stereocenters. The summed E-state index contributed by atoms with van der Waals surface area (Å²) in [6.45, 7) is 11.9. The van der Waals surface area contributed by atoms with Crippen LogP contribution in [0.25, 0.3) is 0 Å². The Hall–Kier alpha value is -2.13. The Kier molecular flexibility index (Phi) is 5.05. The first-order valence-corrected chi connectivity index (χ1v) is 10.6. The number of carbonyl (C=O) groups is 1. The average Bonchev–Trinajstić information content (AvgIpc) is 3.18. The molecule has 28 heavy (non-hydrogen) atoms. The van der Waals surface area contributed by atoms with E-state index in [1.807, 2.05) is 12.1 Å². The first kappa shape index (κ1) is 19.2. The van der Waals surface area contributed by atoms with Gasteiger partial charge in [-0.15, -0.1) is 0 Å². The highest BCUT2D eigenvalue weighted by Gasteiger charge is 2.59. The van der Waals surface area contributed by atoms with Crippen molar-refractivity contribution in [2.45, 2.75) is 46.1 Å². The molecule has 3 heteroatoms. The van der Waals surface area contributed by atoms with Gasteiger partial charge in [0.2, 0.25) is 5.91 Å². The summed E-state index contributed by atoms with van der Waals surface area (Å²) in [7, 11) is 0. The molecule has 148 valence electrons. The van der Waals surface area contributed by atoms with E-state index in [4.69, 9.17) is 0 Å². The molecule has 3 nitrogen and oxygen atoms in total. The van der Waals surface area contributed by atoms with Gasteiger partial charge in [0.15, 0.2) is 0 Å². The topological polar surface area (TPSA) is 32.3 Å². The summed E-state index contributed by atoms with van der Waals surface area (Å²) in [6.07, 6.45) is 1.09. The number of nitrogens with zero attached hydrogens (tertiary/aromatic N) is 1. The molecule has 1 heterocycles. The van der Waals surface area contributed by atoms with Crippen LogP contribution in [0.5, 0.6) is 0 Å². The van der Waals surface area contributed by atoms with Crippen molar-refractivity contribution in [3.8, 4) is 0 Å². The third kappa shape index (κ3) is 4.00. The van der Waals surface area contributed by atoms with Crippen LogP contribution >= 0.6 is 0 Å². The second-order valence-corrected chi connectivity index (χ2v) is 9.53. The molecule has 2 aliphatic rings. The summed E-state index contributed by atoms with van der Waals surface area (Å²) in [5.41, 5.74) is 5.10. The Morgan fingerprint density at radius 3 is 2.07 bits per heavy atom. The van der Waals surface area contributed by atoms with Crippen molar-refractivity contribution in [2.75, 3.05) is 18.4 Å². The van der Waals surface area contributed by atoms with Crippen LogP contribution < -0.4 is 5.32 Å². The van der Waals surface area contributed by atoms with Crippen molar-refractivity contribution in [1.29, 1.82) is 0 Å². The summed E-state index contributed by atoms with van der Waals surface area (Å²) in [5, 5.41) is 3.13. The zero-order valence-electron chi connectivity index (χ0n) is 17.5. The van der Waals surface area contributed by atoms with Crippen molar-refractivity contribution in [2.24, 2.45) is 17.8 Å². The molecule has 0 aromatic heterocycles. The molecule has 1 amide bonds. The van der Waals surface area contributed by atoms with Gasteiger partial charge in [-0.2, -0.15) is 0 Å². The van der Waals surface area contributed by atoms with Crippen LogP contribution in [0.2, 0.25) is 0 Å². The number of likely N-dealkylation sites (tertiary alicyclic amines) is 1. The number of benzene rings is 2. The minimum Gasteiger partial charge on any atom is -0.326 e. The van der Waals surface area contributed by atoms with Gasteiger partial charge in [-0.05, 0) is 52.5 Å². The zero-order chi connectivity index (χ0) is 19.9. The van der Waals surface area contributed by atoms with Gasteiger partial charge in [-0.25, -0.2) is 0 Å². The molecular weight excluding hydrogens is 344 g/mol. The van der Waals surface area contributed by atoms with Crippen LogP contribution in [-0.2, 0) is 23.2 Å². The third-order valence-corrected chi connectivity index (χ3v) is 6.43. The standard InChI is InChI=1S/C25H32N2O/c1-5-17-6-8-18(9-7-17)14-27-15-21-22(16-27)23(21)24(28)26-20-12-10-19(11-13-20)25(2,3)4/h6-13,21-23H,5,14-16H2,1-4H3,(H,26,28). The number of carbonyl (C=O) groups excluding carboxylic acids is 1. The SMILES string of the molecule is CCc1ccc(CN2CC3C(C2)C3C(=O)Nc2ccc(C(C)(C)C)cc2)cc1. The molecule has 2 atom stereocenters. The molecule has 1 saturated heterocycles. The van der Waals surface area contributed by atoms with Crippen molar-refractivity contribution in [3.63, 3.8) is 0 Å². The van der Waals surface area contributed by atoms with Crippen LogP contribution in [0.15, 0.2) is 48.5 Å². The van der Waals surface area contributed by atoms with E-state index >= 15 is 0 Å². The molecule has 1 saturated carbocycles. The molecule has 0 bridgehead atoms. The molecule has 1 aliphatic carbocycles. The third-order valence-electron chi connectivity index (χ3n) is 6.43. The van der Waals surface area contributed by atoms with Crippen molar-refractivity contribution in [1.82, 2.24) is 4.90 Å². The van der Waals surface area contributed by atoms with Gasteiger partial charge in [-0.1, -0.05) is 64.1 Å². The fourth-order valence-electron chi connectivity index (χ4n) is 4.55. The number of hydrogen-bond acceptors (Lipinski definition) is 2. The lowest BCUT2D eigenvalue weighted by molar-refractivity contribution is -0.118. The van der Waals surface area contributed by atoms with Gasteiger partial charge in [0.05, 0.1) is 0 Å². The summed E-state index contributed by atoms with van der Waals surface area (Å²) in [4.78, 5) is 15.2. The summed E-state index contributed by atoms with van der Waals surface area (Å²) in [6, 6.07) is 17.2. The number of rotatable bonds is 5. The molecule has 2 aromatic carbocycles. The van der Waals surface area contributed by atoms with Crippen molar-refractivity contribution >= 4 is 11.6 Å². The molecule has 1 N–H and O–H groups in total. The first-order chi connectivity index (χ1) is 13.3.